The minimum absolute atomic E-state index is 0.268. The van der Waals surface area contributed by atoms with Gasteiger partial charge >= 0.3 is 0 Å². The standard InChI is InChI=1S/C16H6N4S3.C8Br2N4S/c1-18-14-9(8-17)12(10-4-2-6-21-10)15-16(20-23-19-15)13(14)11-5-3-7-22-11;1-12-6-3(2-11)4(9)7-8(5(6)10)14-15-13-7/h2-7H;. The molecule has 0 aliphatic heterocycles. The van der Waals surface area contributed by atoms with Crippen LogP contribution in [0, 0.1) is 35.8 Å². The summed E-state index contributed by atoms with van der Waals surface area (Å²) in [5, 5.41) is 22.6. The van der Waals surface area contributed by atoms with E-state index in [2.05, 4.69) is 65.1 Å². The molecule has 2 aromatic carbocycles. The van der Waals surface area contributed by atoms with Crippen molar-refractivity contribution in [1.29, 1.82) is 10.5 Å². The van der Waals surface area contributed by atoms with Gasteiger partial charge in [0.1, 0.15) is 22.1 Å². The van der Waals surface area contributed by atoms with Crippen molar-refractivity contribution in [3.63, 3.8) is 0 Å². The van der Waals surface area contributed by atoms with Gasteiger partial charge in [0.15, 0.2) is 0 Å². The van der Waals surface area contributed by atoms with E-state index < -0.39 is 0 Å². The molecule has 8 nitrogen and oxygen atoms in total. The van der Waals surface area contributed by atoms with Crippen molar-refractivity contribution in [2.24, 2.45) is 0 Å². The maximum atomic E-state index is 9.72. The lowest BCUT2D eigenvalue weighted by Gasteiger charge is -2.10. The molecule has 0 N–H and O–H groups in total. The number of hydrogen-bond acceptors (Lipinski definition) is 10. The van der Waals surface area contributed by atoms with Gasteiger partial charge in [0.2, 0.25) is 11.4 Å². The van der Waals surface area contributed by atoms with Crippen LogP contribution in [-0.4, -0.2) is 17.5 Å². The Balaban J connectivity index is 0.000000170. The number of benzene rings is 2. The second-order valence-corrected chi connectivity index (χ2v) is 11.7. The highest BCUT2D eigenvalue weighted by molar-refractivity contribution is 9.11. The highest BCUT2D eigenvalue weighted by Gasteiger charge is 2.25. The molecule has 4 heterocycles. The van der Waals surface area contributed by atoms with Gasteiger partial charge in [-0.15, -0.1) is 22.7 Å². The molecule has 180 valence electrons. The summed E-state index contributed by atoms with van der Waals surface area (Å²) >= 11 is 11.8. The Labute approximate surface area is 248 Å². The number of fused-ring (bicyclic) bond motifs is 2. The fourth-order valence-corrected chi connectivity index (χ4v) is 7.67. The van der Waals surface area contributed by atoms with Crippen LogP contribution in [0.1, 0.15) is 11.1 Å². The van der Waals surface area contributed by atoms with Crippen LogP contribution in [0.4, 0.5) is 11.4 Å². The van der Waals surface area contributed by atoms with Crippen molar-refractivity contribution in [3.8, 4) is 33.0 Å². The second-order valence-electron chi connectivity index (χ2n) is 7.15. The Bertz CT molecular complexity index is 1860. The number of nitriles is 2. The Morgan fingerprint density at radius 1 is 0.684 bits per heavy atom. The predicted molar refractivity (Wildman–Crippen MR) is 159 cm³/mol. The summed E-state index contributed by atoms with van der Waals surface area (Å²) in [7, 11) is 0. The molecule has 0 saturated carbocycles. The fraction of sp³-hybridized carbons (Fsp3) is 0. The van der Waals surface area contributed by atoms with Crippen molar-refractivity contribution in [2.45, 2.75) is 0 Å². The Morgan fingerprint density at radius 3 is 1.68 bits per heavy atom. The van der Waals surface area contributed by atoms with E-state index >= 15 is 0 Å². The molecule has 0 radical (unpaired) electrons. The molecule has 0 saturated heterocycles. The Morgan fingerprint density at radius 2 is 1.18 bits per heavy atom. The molecule has 0 bridgehead atoms. The average molecular weight is 694 g/mol. The van der Waals surface area contributed by atoms with E-state index in [1.54, 1.807) is 0 Å². The van der Waals surface area contributed by atoms with Gasteiger partial charge in [0.05, 0.1) is 68.8 Å². The Hall–Kier alpha value is -3.60. The lowest BCUT2D eigenvalue weighted by molar-refractivity contribution is 1.47. The van der Waals surface area contributed by atoms with E-state index in [-0.39, 0.29) is 11.3 Å². The van der Waals surface area contributed by atoms with Crippen LogP contribution in [0.3, 0.4) is 0 Å². The molecule has 0 aliphatic rings. The van der Waals surface area contributed by atoms with Gasteiger partial charge in [-0.3, -0.25) is 0 Å². The minimum atomic E-state index is 0.268. The monoisotopic (exact) mass is 692 g/mol. The maximum absolute atomic E-state index is 9.72. The van der Waals surface area contributed by atoms with E-state index in [4.69, 9.17) is 18.4 Å². The highest BCUT2D eigenvalue weighted by atomic mass is 79.9. The van der Waals surface area contributed by atoms with Gasteiger partial charge in [0.25, 0.3) is 0 Å². The van der Waals surface area contributed by atoms with Gasteiger partial charge in [-0.1, -0.05) is 28.1 Å². The summed E-state index contributed by atoms with van der Waals surface area (Å²) in [5.41, 5.74) is 5.35. The summed E-state index contributed by atoms with van der Waals surface area (Å²) in [6, 6.07) is 11.9. The zero-order valence-electron chi connectivity index (χ0n) is 18.4. The minimum Gasteiger partial charge on any atom is -0.236 e. The lowest BCUT2D eigenvalue weighted by Crippen LogP contribution is -1.90. The zero-order valence-corrected chi connectivity index (χ0v) is 24.9. The first kappa shape index (κ1) is 26.0. The molecule has 6 aromatic rings. The van der Waals surface area contributed by atoms with Crippen LogP contribution in [0.5, 0.6) is 0 Å². The van der Waals surface area contributed by atoms with Crippen LogP contribution < -0.4 is 0 Å². The zero-order chi connectivity index (χ0) is 26.8. The van der Waals surface area contributed by atoms with Crippen LogP contribution in [0.25, 0.3) is 52.6 Å². The quantitative estimate of drug-likeness (QED) is 0.167. The molecule has 4 aromatic heterocycles. The number of thiophene rings is 2. The number of hydrogen-bond donors (Lipinski definition) is 0. The number of halogens is 2. The third kappa shape index (κ3) is 4.28. The molecule has 0 amide bonds. The van der Waals surface area contributed by atoms with Crippen molar-refractivity contribution in [3.05, 3.63) is 77.9 Å². The number of aromatic nitrogens is 4. The third-order valence-electron chi connectivity index (χ3n) is 5.24. The summed E-state index contributed by atoms with van der Waals surface area (Å²) in [4.78, 5) is 8.86. The van der Waals surface area contributed by atoms with Gasteiger partial charge < -0.3 is 0 Å². The molecule has 0 spiro atoms. The first-order valence-electron chi connectivity index (χ1n) is 10.1. The van der Waals surface area contributed by atoms with Gasteiger partial charge in [-0.05, 0) is 38.8 Å². The van der Waals surface area contributed by atoms with E-state index in [1.807, 2.05) is 41.1 Å². The number of nitrogens with zero attached hydrogens (tertiary/aromatic N) is 8. The van der Waals surface area contributed by atoms with Crippen LogP contribution in [0.15, 0.2) is 44.0 Å². The third-order valence-corrected chi connectivity index (χ3v) is 9.59. The first-order chi connectivity index (χ1) is 18.5. The second kappa shape index (κ2) is 11.0. The van der Waals surface area contributed by atoms with Crippen molar-refractivity contribution in [2.75, 3.05) is 0 Å². The first-order valence-corrected chi connectivity index (χ1v) is 14.9. The molecule has 6 rings (SSSR count). The summed E-state index contributed by atoms with van der Waals surface area (Å²) in [5.74, 6) is 0. The van der Waals surface area contributed by atoms with Gasteiger partial charge in [-0.25, -0.2) is 9.69 Å². The smallest absolute Gasteiger partial charge is 0.221 e. The Kier molecular flexibility index (Phi) is 7.55. The molecule has 0 unspecified atom stereocenters. The predicted octanol–water partition coefficient (Wildman–Crippen LogP) is 9.21. The molecule has 0 aliphatic carbocycles. The summed E-state index contributed by atoms with van der Waals surface area (Å²) in [6.07, 6.45) is 0. The molecule has 38 heavy (non-hydrogen) atoms. The van der Waals surface area contributed by atoms with Crippen LogP contribution in [0.2, 0.25) is 0 Å². The lowest BCUT2D eigenvalue weighted by atomic mass is 9.97. The summed E-state index contributed by atoms with van der Waals surface area (Å²) < 4.78 is 18.0. The SMILES string of the molecule is [C-]#[N+]c1c(C#N)c(-c2cccs2)c2nsnc2c1-c1cccs1.[C-]#[N+]c1c(C#N)c(Br)c2nsnc2c1Br. The largest absolute Gasteiger partial charge is 0.236 e. The molecule has 14 heteroatoms. The van der Waals surface area contributed by atoms with E-state index in [1.165, 1.54) is 22.7 Å². The molecule has 0 fully saturated rings. The van der Waals surface area contributed by atoms with Crippen LogP contribution in [-0.2, 0) is 0 Å². The number of rotatable bonds is 2. The van der Waals surface area contributed by atoms with Crippen molar-refractivity contribution in [1.82, 2.24) is 17.5 Å². The molecule has 0 atom stereocenters. The van der Waals surface area contributed by atoms with Crippen LogP contribution >= 0.6 is 78.0 Å². The highest BCUT2D eigenvalue weighted by Crippen LogP contribution is 2.47. The van der Waals surface area contributed by atoms with E-state index in [9.17, 15) is 5.26 Å². The van der Waals surface area contributed by atoms with Gasteiger partial charge in [0, 0.05) is 20.9 Å². The summed E-state index contributed by atoms with van der Waals surface area (Å²) in [6.45, 7) is 14.7. The molecular formula is C24H6Br2N8S4. The molecular weight excluding hydrogens is 688 g/mol. The van der Waals surface area contributed by atoms with Crippen molar-refractivity contribution < 1.29 is 0 Å². The average Bonchev–Trinajstić information content (AvgIpc) is 3.76. The van der Waals surface area contributed by atoms with E-state index in [0.717, 1.165) is 44.3 Å². The van der Waals surface area contributed by atoms with Gasteiger partial charge in [-0.2, -0.15) is 28.0 Å². The van der Waals surface area contributed by atoms with Crippen molar-refractivity contribution >= 4 is 111 Å². The topological polar surface area (TPSA) is 108 Å². The van der Waals surface area contributed by atoms with E-state index in [0.29, 0.717) is 42.3 Å². The maximum Gasteiger partial charge on any atom is 0.221 e. The normalized spacial score (nSPS) is 10.3. The fourth-order valence-electron chi connectivity index (χ4n) is 3.65.